The van der Waals surface area contributed by atoms with E-state index in [4.69, 9.17) is 9.47 Å². The second-order valence-corrected chi connectivity index (χ2v) is 5.36. The predicted molar refractivity (Wildman–Crippen MR) is 80.0 cm³/mol. The van der Waals surface area contributed by atoms with Gasteiger partial charge in [0.15, 0.2) is 0 Å². The largest absolute Gasteiger partial charge is 0.390 e. The molecular formula is C15H19NO3S. The van der Waals surface area contributed by atoms with Gasteiger partial charge in [-0.15, -0.1) is 11.3 Å². The first-order chi connectivity index (χ1) is 9.79. The van der Waals surface area contributed by atoms with Gasteiger partial charge >= 0.3 is 0 Å². The van der Waals surface area contributed by atoms with E-state index in [-0.39, 0.29) is 0 Å². The number of thiazole rings is 1. The molecule has 0 aliphatic heterocycles. The van der Waals surface area contributed by atoms with Crippen LogP contribution in [0.4, 0.5) is 0 Å². The summed E-state index contributed by atoms with van der Waals surface area (Å²) in [5.41, 5.74) is 2.05. The third-order valence-electron chi connectivity index (χ3n) is 2.77. The van der Waals surface area contributed by atoms with E-state index in [0.717, 1.165) is 16.3 Å². The van der Waals surface area contributed by atoms with Crippen LogP contribution >= 0.6 is 11.3 Å². The van der Waals surface area contributed by atoms with E-state index in [2.05, 4.69) is 4.98 Å². The van der Waals surface area contributed by atoms with Crippen LogP contribution in [0.15, 0.2) is 35.7 Å². The van der Waals surface area contributed by atoms with Gasteiger partial charge < -0.3 is 14.6 Å². The molecule has 0 bridgehead atoms. The molecule has 1 N–H and O–H groups in total. The van der Waals surface area contributed by atoms with Crippen molar-refractivity contribution in [3.63, 3.8) is 0 Å². The second-order valence-electron chi connectivity index (χ2n) is 4.42. The molecule has 0 saturated heterocycles. The van der Waals surface area contributed by atoms with E-state index < -0.39 is 6.10 Å². The lowest BCUT2D eigenvalue weighted by atomic mass is 10.2. The van der Waals surface area contributed by atoms with E-state index in [1.165, 1.54) is 0 Å². The van der Waals surface area contributed by atoms with Gasteiger partial charge in [0.1, 0.15) is 0 Å². The van der Waals surface area contributed by atoms with Gasteiger partial charge in [-0.05, 0) is 0 Å². The van der Waals surface area contributed by atoms with Crippen LogP contribution in [0.1, 0.15) is 5.01 Å². The maximum Gasteiger partial charge on any atom is 0.0959 e. The molecule has 1 heterocycles. The topological polar surface area (TPSA) is 51.6 Å². The molecule has 20 heavy (non-hydrogen) atoms. The summed E-state index contributed by atoms with van der Waals surface area (Å²) in [5.74, 6) is 0. The Labute approximate surface area is 123 Å². The van der Waals surface area contributed by atoms with E-state index >= 15 is 0 Å². The minimum Gasteiger partial charge on any atom is -0.390 e. The number of aromatic nitrogens is 1. The van der Waals surface area contributed by atoms with E-state index in [1.807, 2.05) is 35.7 Å². The molecule has 0 amide bonds. The van der Waals surface area contributed by atoms with Crippen molar-refractivity contribution in [1.29, 1.82) is 0 Å². The summed E-state index contributed by atoms with van der Waals surface area (Å²) < 4.78 is 10.2. The summed E-state index contributed by atoms with van der Waals surface area (Å²) in [6.07, 6.45) is -0.00793. The molecule has 0 spiro atoms. The first-order valence-corrected chi connectivity index (χ1v) is 7.42. The summed E-state index contributed by atoms with van der Waals surface area (Å²) >= 11 is 1.57. The second kappa shape index (κ2) is 8.11. The van der Waals surface area contributed by atoms with Crippen LogP contribution in [0.25, 0.3) is 11.3 Å². The van der Waals surface area contributed by atoms with Crippen LogP contribution in [0.3, 0.4) is 0 Å². The van der Waals surface area contributed by atoms with Crippen molar-refractivity contribution in [3.05, 3.63) is 40.7 Å². The molecule has 1 aromatic heterocycles. The van der Waals surface area contributed by atoms with Crippen LogP contribution in [0, 0.1) is 0 Å². The van der Waals surface area contributed by atoms with Gasteiger partial charge in [0.2, 0.25) is 0 Å². The lowest BCUT2D eigenvalue weighted by molar-refractivity contribution is 0.0137. The van der Waals surface area contributed by atoms with Gasteiger partial charge in [0.25, 0.3) is 0 Å². The zero-order valence-corrected chi connectivity index (χ0v) is 12.3. The lowest BCUT2D eigenvalue weighted by Gasteiger charge is -2.09. The molecule has 1 unspecified atom stereocenters. The molecule has 1 atom stereocenters. The Morgan fingerprint density at radius 1 is 1.25 bits per heavy atom. The quantitative estimate of drug-likeness (QED) is 0.759. The summed E-state index contributed by atoms with van der Waals surface area (Å²) in [6, 6.07) is 10.0. The number of rotatable bonds is 8. The molecule has 0 aliphatic rings. The summed E-state index contributed by atoms with van der Waals surface area (Å²) in [5, 5.41) is 12.8. The van der Waals surface area contributed by atoms with Gasteiger partial charge in [-0.2, -0.15) is 0 Å². The normalized spacial score (nSPS) is 12.5. The summed E-state index contributed by atoms with van der Waals surface area (Å²) in [7, 11) is 1.63. The SMILES string of the molecule is COCCOCC(O)Cc1nc(-c2ccccc2)cs1. The number of hydrogen-bond acceptors (Lipinski definition) is 5. The van der Waals surface area contributed by atoms with E-state index in [1.54, 1.807) is 18.4 Å². The van der Waals surface area contributed by atoms with Crippen LogP contribution in [0.5, 0.6) is 0 Å². The maximum atomic E-state index is 9.88. The van der Waals surface area contributed by atoms with Crippen molar-refractivity contribution in [3.8, 4) is 11.3 Å². The molecule has 0 fully saturated rings. The van der Waals surface area contributed by atoms with Gasteiger partial charge in [0, 0.05) is 24.5 Å². The number of ether oxygens (including phenoxy) is 2. The van der Waals surface area contributed by atoms with Crippen molar-refractivity contribution in [2.45, 2.75) is 12.5 Å². The summed E-state index contributed by atoms with van der Waals surface area (Å²) in [6.45, 7) is 1.35. The standard InChI is InChI=1S/C15H19NO3S/c1-18-7-8-19-10-13(17)9-15-16-14(11-20-15)12-5-3-2-4-6-12/h2-6,11,13,17H,7-10H2,1H3. The highest BCUT2D eigenvalue weighted by Gasteiger charge is 2.10. The van der Waals surface area contributed by atoms with Crippen molar-refractivity contribution < 1.29 is 14.6 Å². The fourth-order valence-corrected chi connectivity index (χ4v) is 2.64. The minimum atomic E-state index is -0.526. The number of nitrogens with zero attached hydrogens (tertiary/aromatic N) is 1. The molecule has 0 aliphatic carbocycles. The number of benzene rings is 1. The van der Waals surface area contributed by atoms with Crippen molar-refractivity contribution in [1.82, 2.24) is 4.98 Å². The zero-order chi connectivity index (χ0) is 14.2. The van der Waals surface area contributed by atoms with Gasteiger partial charge in [-0.3, -0.25) is 0 Å². The first-order valence-electron chi connectivity index (χ1n) is 6.54. The number of methoxy groups -OCH3 is 1. The fraction of sp³-hybridized carbons (Fsp3) is 0.400. The molecule has 2 rings (SSSR count). The molecule has 2 aromatic rings. The Hall–Kier alpha value is -1.27. The third kappa shape index (κ3) is 4.68. The van der Waals surface area contributed by atoms with Gasteiger partial charge in [-0.1, -0.05) is 30.3 Å². The van der Waals surface area contributed by atoms with Crippen LogP contribution in [-0.4, -0.2) is 43.1 Å². The number of hydrogen-bond donors (Lipinski definition) is 1. The molecule has 0 radical (unpaired) electrons. The average molecular weight is 293 g/mol. The van der Waals surface area contributed by atoms with Crippen LogP contribution < -0.4 is 0 Å². The zero-order valence-electron chi connectivity index (χ0n) is 11.5. The molecule has 4 nitrogen and oxygen atoms in total. The average Bonchev–Trinajstić information content (AvgIpc) is 2.93. The van der Waals surface area contributed by atoms with Gasteiger partial charge in [0.05, 0.1) is 36.6 Å². The minimum absolute atomic E-state index is 0.309. The van der Waals surface area contributed by atoms with Crippen molar-refractivity contribution >= 4 is 11.3 Å². The van der Waals surface area contributed by atoms with E-state index in [9.17, 15) is 5.11 Å². The number of aliphatic hydroxyl groups is 1. The smallest absolute Gasteiger partial charge is 0.0959 e. The fourth-order valence-electron chi connectivity index (χ4n) is 1.77. The predicted octanol–water partition coefficient (Wildman–Crippen LogP) is 2.38. The Bertz CT molecular complexity index is 501. The molecule has 5 heteroatoms. The molecule has 1 aromatic carbocycles. The Kier molecular flexibility index (Phi) is 6.14. The molecule has 0 saturated carbocycles. The van der Waals surface area contributed by atoms with Crippen molar-refractivity contribution in [2.24, 2.45) is 0 Å². The van der Waals surface area contributed by atoms with Gasteiger partial charge in [-0.25, -0.2) is 4.98 Å². The highest BCUT2D eigenvalue weighted by atomic mass is 32.1. The van der Waals surface area contributed by atoms with Crippen LogP contribution in [-0.2, 0) is 15.9 Å². The molecule has 108 valence electrons. The third-order valence-corrected chi connectivity index (χ3v) is 3.64. The maximum absolute atomic E-state index is 9.88. The Morgan fingerprint density at radius 3 is 2.80 bits per heavy atom. The van der Waals surface area contributed by atoms with Crippen molar-refractivity contribution in [2.75, 3.05) is 26.9 Å². The lowest BCUT2D eigenvalue weighted by Crippen LogP contribution is -2.19. The first kappa shape index (κ1) is 15.1. The Morgan fingerprint density at radius 2 is 2.05 bits per heavy atom. The highest BCUT2D eigenvalue weighted by Crippen LogP contribution is 2.22. The van der Waals surface area contributed by atoms with E-state index in [0.29, 0.717) is 26.2 Å². The monoisotopic (exact) mass is 293 g/mol. The molecular weight excluding hydrogens is 274 g/mol. The summed E-state index contributed by atoms with van der Waals surface area (Å²) in [4.78, 5) is 4.54. The number of aliphatic hydroxyl groups excluding tert-OH is 1. The highest BCUT2D eigenvalue weighted by molar-refractivity contribution is 7.09. The van der Waals surface area contributed by atoms with Crippen LogP contribution in [0.2, 0.25) is 0 Å². The Balaban J connectivity index is 1.83.